The predicted molar refractivity (Wildman–Crippen MR) is 65.5 cm³/mol. The third kappa shape index (κ3) is 2.15. The lowest BCUT2D eigenvalue weighted by Crippen LogP contribution is -2.11. The summed E-state index contributed by atoms with van der Waals surface area (Å²) in [5.41, 5.74) is 1.25. The van der Waals surface area contributed by atoms with Gasteiger partial charge < -0.3 is 0 Å². The molecule has 17 heavy (non-hydrogen) atoms. The summed E-state index contributed by atoms with van der Waals surface area (Å²) in [6, 6.07) is 4.47. The zero-order valence-corrected chi connectivity index (χ0v) is 11.0. The maximum Gasteiger partial charge on any atom is 0.215 e. The van der Waals surface area contributed by atoms with Crippen LogP contribution in [0.15, 0.2) is 28.9 Å². The second kappa shape index (κ2) is 4.41. The van der Waals surface area contributed by atoms with Gasteiger partial charge in [0.2, 0.25) is 5.78 Å². The number of aromatic nitrogens is 2. The first-order chi connectivity index (χ1) is 8.00. The van der Waals surface area contributed by atoms with Crippen LogP contribution in [0.2, 0.25) is 0 Å². The predicted octanol–water partition coefficient (Wildman–Crippen LogP) is 2.86. The normalized spacial score (nSPS) is 10.6. The van der Waals surface area contributed by atoms with Crippen molar-refractivity contribution in [2.24, 2.45) is 7.05 Å². The highest BCUT2D eigenvalue weighted by atomic mass is 79.9. The Morgan fingerprint density at radius 3 is 2.76 bits per heavy atom. The van der Waals surface area contributed by atoms with Gasteiger partial charge in [-0.3, -0.25) is 9.48 Å². The van der Waals surface area contributed by atoms with E-state index in [1.165, 1.54) is 23.0 Å². The Morgan fingerprint density at radius 1 is 1.47 bits per heavy atom. The van der Waals surface area contributed by atoms with Gasteiger partial charge in [0, 0.05) is 7.05 Å². The lowest BCUT2D eigenvalue weighted by molar-refractivity contribution is 0.102. The summed E-state index contributed by atoms with van der Waals surface area (Å²) in [7, 11) is 1.64. The number of halogens is 2. The van der Waals surface area contributed by atoms with Crippen LogP contribution in [-0.4, -0.2) is 15.6 Å². The van der Waals surface area contributed by atoms with Crippen molar-refractivity contribution in [2.75, 3.05) is 0 Å². The van der Waals surface area contributed by atoms with Gasteiger partial charge in [0.25, 0.3) is 0 Å². The zero-order valence-electron chi connectivity index (χ0n) is 9.37. The Morgan fingerprint density at radius 2 is 2.18 bits per heavy atom. The summed E-state index contributed by atoms with van der Waals surface area (Å²) in [5, 5.41) is 3.94. The molecule has 0 atom stereocenters. The second-order valence-electron chi connectivity index (χ2n) is 3.78. The number of hydrogen-bond donors (Lipinski definition) is 0. The number of carbonyl (C=O) groups is 1. The lowest BCUT2D eigenvalue weighted by atomic mass is 10.1. The molecule has 0 spiro atoms. The van der Waals surface area contributed by atoms with Crippen LogP contribution in [0.1, 0.15) is 21.6 Å². The van der Waals surface area contributed by atoms with E-state index in [2.05, 4.69) is 21.0 Å². The molecule has 2 aromatic rings. The van der Waals surface area contributed by atoms with Crippen LogP contribution in [0.5, 0.6) is 0 Å². The van der Waals surface area contributed by atoms with Gasteiger partial charge in [0.1, 0.15) is 11.5 Å². The first kappa shape index (κ1) is 12.0. The summed E-state index contributed by atoms with van der Waals surface area (Å²) in [6.07, 6.45) is 1.51. The molecule has 1 heterocycles. The minimum Gasteiger partial charge on any atom is -0.287 e. The maximum atomic E-state index is 13.6. The van der Waals surface area contributed by atoms with E-state index < -0.39 is 5.82 Å². The molecule has 0 N–H and O–H groups in total. The first-order valence-electron chi connectivity index (χ1n) is 4.99. The van der Waals surface area contributed by atoms with E-state index in [4.69, 9.17) is 0 Å². The molecule has 0 radical (unpaired) electrons. The summed E-state index contributed by atoms with van der Waals surface area (Å²) in [6.45, 7) is 1.81. The smallest absolute Gasteiger partial charge is 0.215 e. The third-order valence-electron chi connectivity index (χ3n) is 2.48. The van der Waals surface area contributed by atoms with E-state index in [0.29, 0.717) is 10.2 Å². The van der Waals surface area contributed by atoms with Crippen LogP contribution in [0.25, 0.3) is 0 Å². The number of hydrogen-bond acceptors (Lipinski definition) is 2. The average molecular weight is 297 g/mol. The highest BCUT2D eigenvalue weighted by Crippen LogP contribution is 2.21. The minimum atomic E-state index is -0.520. The molecular formula is C12H10BrFN2O. The Hall–Kier alpha value is -1.49. The van der Waals surface area contributed by atoms with Crippen LogP contribution in [0.4, 0.5) is 4.39 Å². The highest BCUT2D eigenvalue weighted by Gasteiger charge is 2.20. The van der Waals surface area contributed by atoms with Gasteiger partial charge >= 0.3 is 0 Å². The molecule has 0 aliphatic carbocycles. The van der Waals surface area contributed by atoms with Gasteiger partial charge in [0.05, 0.1) is 16.2 Å². The third-order valence-corrected chi connectivity index (χ3v) is 3.06. The van der Waals surface area contributed by atoms with Crippen molar-refractivity contribution in [2.45, 2.75) is 6.92 Å². The molecule has 0 saturated heterocycles. The molecule has 1 aromatic heterocycles. The number of rotatable bonds is 2. The number of ketones is 1. The van der Waals surface area contributed by atoms with E-state index >= 15 is 0 Å². The Kier molecular flexibility index (Phi) is 3.11. The quantitative estimate of drug-likeness (QED) is 0.799. The topological polar surface area (TPSA) is 34.9 Å². The fourth-order valence-corrected chi connectivity index (χ4v) is 2.14. The molecule has 0 unspecified atom stereocenters. The van der Waals surface area contributed by atoms with E-state index in [0.717, 1.165) is 5.56 Å². The summed E-state index contributed by atoms with van der Waals surface area (Å²) < 4.78 is 15.6. The summed E-state index contributed by atoms with van der Waals surface area (Å²) >= 11 is 3.23. The average Bonchev–Trinajstić information content (AvgIpc) is 2.61. The molecule has 3 nitrogen and oxygen atoms in total. The van der Waals surface area contributed by atoms with E-state index in [-0.39, 0.29) is 11.3 Å². The van der Waals surface area contributed by atoms with Crippen molar-refractivity contribution in [1.29, 1.82) is 0 Å². The molecule has 0 aliphatic heterocycles. The largest absolute Gasteiger partial charge is 0.287 e. The van der Waals surface area contributed by atoms with Gasteiger partial charge in [-0.05, 0) is 35.0 Å². The van der Waals surface area contributed by atoms with Crippen molar-refractivity contribution in [3.05, 3.63) is 51.5 Å². The van der Waals surface area contributed by atoms with Gasteiger partial charge in [-0.1, -0.05) is 11.6 Å². The fraction of sp³-hybridized carbons (Fsp3) is 0.167. The van der Waals surface area contributed by atoms with Gasteiger partial charge in [0.15, 0.2) is 0 Å². The molecule has 0 bridgehead atoms. The van der Waals surface area contributed by atoms with Crippen LogP contribution in [0, 0.1) is 12.7 Å². The van der Waals surface area contributed by atoms with Crippen molar-refractivity contribution in [3.8, 4) is 0 Å². The Balaban J connectivity index is 2.55. The molecule has 88 valence electrons. The first-order valence-corrected chi connectivity index (χ1v) is 5.78. The Labute approximate surface area is 106 Å². The SMILES string of the molecule is Cc1ccc(F)c(C(=O)c2c(Br)cnn2C)c1. The molecule has 0 saturated carbocycles. The molecule has 0 amide bonds. The van der Waals surface area contributed by atoms with Crippen molar-refractivity contribution in [3.63, 3.8) is 0 Å². The fourth-order valence-electron chi connectivity index (χ4n) is 1.61. The van der Waals surface area contributed by atoms with Crippen molar-refractivity contribution >= 4 is 21.7 Å². The van der Waals surface area contributed by atoms with Crippen molar-refractivity contribution < 1.29 is 9.18 Å². The van der Waals surface area contributed by atoms with E-state index in [1.807, 2.05) is 6.92 Å². The lowest BCUT2D eigenvalue weighted by Gasteiger charge is -2.05. The van der Waals surface area contributed by atoms with Crippen molar-refractivity contribution in [1.82, 2.24) is 9.78 Å². The maximum absolute atomic E-state index is 13.6. The molecule has 0 aliphatic rings. The van der Waals surface area contributed by atoms with Crippen LogP contribution in [0.3, 0.4) is 0 Å². The van der Waals surface area contributed by atoms with E-state index in [9.17, 15) is 9.18 Å². The number of nitrogens with zero attached hydrogens (tertiary/aromatic N) is 2. The number of aryl methyl sites for hydroxylation is 2. The molecule has 1 aromatic carbocycles. The van der Waals surface area contributed by atoms with Gasteiger partial charge in [-0.2, -0.15) is 5.10 Å². The van der Waals surface area contributed by atoms with Gasteiger partial charge in [-0.15, -0.1) is 0 Å². The number of benzene rings is 1. The van der Waals surface area contributed by atoms with Crippen LogP contribution < -0.4 is 0 Å². The summed E-state index contributed by atoms with van der Waals surface area (Å²) in [4.78, 5) is 12.2. The minimum absolute atomic E-state index is 0.0642. The highest BCUT2D eigenvalue weighted by molar-refractivity contribution is 9.10. The molecule has 2 rings (SSSR count). The van der Waals surface area contributed by atoms with Crippen LogP contribution in [-0.2, 0) is 7.05 Å². The molecular weight excluding hydrogens is 287 g/mol. The number of carbonyl (C=O) groups excluding carboxylic acids is 1. The van der Waals surface area contributed by atoms with Crippen LogP contribution >= 0.6 is 15.9 Å². The van der Waals surface area contributed by atoms with E-state index in [1.54, 1.807) is 13.1 Å². The Bertz CT molecular complexity index is 573. The molecule has 5 heteroatoms. The van der Waals surface area contributed by atoms with Gasteiger partial charge in [-0.25, -0.2) is 4.39 Å². The monoisotopic (exact) mass is 296 g/mol. The second-order valence-corrected chi connectivity index (χ2v) is 4.63. The zero-order chi connectivity index (χ0) is 12.6. The standard InChI is InChI=1S/C12H10BrFN2O/c1-7-3-4-10(14)8(5-7)12(17)11-9(13)6-15-16(11)2/h3-6H,1-2H3. The summed E-state index contributed by atoms with van der Waals surface area (Å²) in [5.74, 6) is -0.897. The molecule has 0 fully saturated rings.